The van der Waals surface area contributed by atoms with Crippen LogP contribution >= 0.6 is 15.9 Å². The van der Waals surface area contributed by atoms with E-state index < -0.39 is 11.7 Å². The number of rotatable bonds is 2. The zero-order chi connectivity index (χ0) is 14.3. The van der Waals surface area contributed by atoms with Crippen molar-refractivity contribution in [3.8, 4) is 0 Å². The van der Waals surface area contributed by atoms with Gasteiger partial charge in [0.1, 0.15) is 11.2 Å². The lowest BCUT2D eigenvalue weighted by atomic mass is 10.0. The zero-order valence-corrected chi connectivity index (χ0v) is 13.1. The Hall–Kier alpha value is -1.07. The highest BCUT2D eigenvalue weighted by Gasteiger charge is 2.41. The number of hydrogen-bond donors (Lipinski definition) is 1. The molecule has 1 saturated heterocycles. The lowest BCUT2D eigenvalue weighted by Crippen LogP contribution is -2.27. The van der Waals surface area contributed by atoms with Crippen molar-refractivity contribution < 1.29 is 14.3 Å². The normalized spacial score (nSPS) is 21.9. The molecular weight excluding hydrogens is 310 g/mol. The molecule has 0 aliphatic carbocycles. The molecule has 1 aliphatic rings. The van der Waals surface area contributed by atoms with Crippen molar-refractivity contribution in [3.05, 3.63) is 28.2 Å². The summed E-state index contributed by atoms with van der Waals surface area (Å²) >= 11 is 3.41. The standard InChI is InChI=1S/C14H18BrNO3/c1-13(2,3)19-12(17)16-11-7-9(5-6-10(11)15)14(4)8-18-14/h5-7H,8H2,1-4H3,(H,16,17). The number of amides is 1. The summed E-state index contributed by atoms with van der Waals surface area (Å²) in [6, 6.07) is 5.79. The van der Waals surface area contributed by atoms with E-state index in [1.165, 1.54) is 0 Å². The molecule has 1 atom stereocenters. The summed E-state index contributed by atoms with van der Waals surface area (Å²) in [5.41, 5.74) is 0.996. The van der Waals surface area contributed by atoms with E-state index in [0.717, 1.165) is 10.0 Å². The van der Waals surface area contributed by atoms with Crippen molar-refractivity contribution in [2.24, 2.45) is 0 Å². The van der Waals surface area contributed by atoms with Crippen LogP contribution in [0.4, 0.5) is 10.5 Å². The van der Waals surface area contributed by atoms with Gasteiger partial charge < -0.3 is 9.47 Å². The molecule has 1 amide bonds. The highest BCUT2D eigenvalue weighted by atomic mass is 79.9. The number of carbonyl (C=O) groups is 1. The van der Waals surface area contributed by atoms with Gasteiger partial charge in [-0.3, -0.25) is 5.32 Å². The van der Waals surface area contributed by atoms with Gasteiger partial charge in [0.25, 0.3) is 0 Å². The summed E-state index contributed by atoms with van der Waals surface area (Å²) in [6.45, 7) is 8.22. The molecule has 1 heterocycles. The maximum atomic E-state index is 11.8. The highest BCUT2D eigenvalue weighted by molar-refractivity contribution is 9.10. The molecule has 1 N–H and O–H groups in total. The first kappa shape index (κ1) is 14.3. The number of benzene rings is 1. The largest absolute Gasteiger partial charge is 0.444 e. The van der Waals surface area contributed by atoms with Crippen molar-refractivity contribution in [2.45, 2.75) is 38.9 Å². The Bertz CT molecular complexity index is 504. The zero-order valence-electron chi connectivity index (χ0n) is 11.5. The molecule has 1 aromatic rings. The Morgan fingerprint density at radius 2 is 2.11 bits per heavy atom. The molecule has 1 aromatic carbocycles. The van der Waals surface area contributed by atoms with Crippen LogP contribution in [-0.4, -0.2) is 18.3 Å². The SMILES string of the molecule is CC(C)(C)OC(=O)Nc1cc(C2(C)CO2)ccc1Br. The maximum absolute atomic E-state index is 11.8. The number of nitrogens with one attached hydrogen (secondary N) is 1. The van der Waals surface area contributed by atoms with E-state index in [0.29, 0.717) is 12.3 Å². The van der Waals surface area contributed by atoms with Crippen molar-refractivity contribution in [1.82, 2.24) is 0 Å². The van der Waals surface area contributed by atoms with Crippen LogP contribution in [0.3, 0.4) is 0 Å². The second-order valence-electron chi connectivity index (χ2n) is 5.84. The Labute approximate surface area is 121 Å². The van der Waals surface area contributed by atoms with Gasteiger partial charge in [-0.1, -0.05) is 6.07 Å². The number of epoxide rings is 1. The molecule has 1 aliphatic heterocycles. The molecule has 0 aromatic heterocycles. The smallest absolute Gasteiger partial charge is 0.412 e. The van der Waals surface area contributed by atoms with Crippen LogP contribution in [0.1, 0.15) is 33.3 Å². The summed E-state index contributed by atoms with van der Waals surface area (Å²) in [5.74, 6) is 0. The molecule has 104 valence electrons. The maximum Gasteiger partial charge on any atom is 0.412 e. The molecule has 0 radical (unpaired) electrons. The van der Waals surface area contributed by atoms with E-state index in [4.69, 9.17) is 9.47 Å². The van der Waals surface area contributed by atoms with E-state index in [1.54, 1.807) is 0 Å². The minimum atomic E-state index is -0.514. The van der Waals surface area contributed by atoms with E-state index in [9.17, 15) is 4.79 Å². The van der Waals surface area contributed by atoms with Crippen molar-refractivity contribution in [3.63, 3.8) is 0 Å². The Kier molecular flexibility index (Phi) is 3.62. The third-order valence-electron chi connectivity index (χ3n) is 2.79. The van der Waals surface area contributed by atoms with Crippen LogP contribution in [0, 0.1) is 0 Å². The Balaban J connectivity index is 2.13. The van der Waals surface area contributed by atoms with Crippen molar-refractivity contribution in [2.75, 3.05) is 11.9 Å². The molecule has 4 nitrogen and oxygen atoms in total. The lowest BCUT2D eigenvalue weighted by molar-refractivity contribution is 0.0636. The van der Waals surface area contributed by atoms with Crippen LogP contribution < -0.4 is 5.32 Å². The molecule has 0 spiro atoms. The molecule has 5 heteroatoms. The first-order valence-electron chi connectivity index (χ1n) is 6.14. The van der Waals surface area contributed by atoms with E-state index in [2.05, 4.69) is 21.2 Å². The summed E-state index contributed by atoms with van der Waals surface area (Å²) in [4.78, 5) is 11.8. The van der Waals surface area contributed by atoms with Crippen molar-refractivity contribution in [1.29, 1.82) is 0 Å². The fourth-order valence-corrected chi connectivity index (χ4v) is 1.98. The van der Waals surface area contributed by atoms with Gasteiger partial charge in [0.05, 0.1) is 12.3 Å². The van der Waals surface area contributed by atoms with E-state index >= 15 is 0 Å². The molecular formula is C14H18BrNO3. The minimum Gasteiger partial charge on any atom is -0.444 e. The van der Waals surface area contributed by atoms with Crippen LogP contribution in [0.25, 0.3) is 0 Å². The molecule has 19 heavy (non-hydrogen) atoms. The quantitative estimate of drug-likeness (QED) is 0.834. The average molecular weight is 328 g/mol. The number of halogens is 1. The minimum absolute atomic E-state index is 0.217. The molecule has 1 unspecified atom stereocenters. The van der Waals surface area contributed by atoms with Crippen LogP contribution in [-0.2, 0) is 15.1 Å². The summed E-state index contributed by atoms with van der Waals surface area (Å²) in [6.07, 6.45) is -0.466. The predicted octanol–water partition coefficient (Wildman–Crippen LogP) is 4.04. The van der Waals surface area contributed by atoms with E-state index in [-0.39, 0.29) is 5.60 Å². The Morgan fingerprint density at radius 3 is 2.63 bits per heavy atom. The topological polar surface area (TPSA) is 50.9 Å². The number of carbonyl (C=O) groups excluding carboxylic acids is 1. The van der Waals surface area contributed by atoms with Gasteiger partial charge in [0.15, 0.2) is 0 Å². The lowest BCUT2D eigenvalue weighted by Gasteiger charge is -2.20. The number of ether oxygens (including phenoxy) is 2. The predicted molar refractivity (Wildman–Crippen MR) is 77.3 cm³/mol. The first-order valence-corrected chi connectivity index (χ1v) is 6.93. The highest BCUT2D eigenvalue weighted by Crippen LogP contribution is 2.40. The summed E-state index contributed by atoms with van der Waals surface area (Å²) in [7, 11) is 0. The van der Waals surface area contributed by atoms with Crippen LogP contribution in [0.2, 0.25) is 0 Å². The van der Waals surface area contributed by atoms with Crippen molar-refractivity contribution >= 4 is 27.7 Å². The van der Waals surface area contributed by atoms with Gasteiger partial charge in [-0.15, -0.1) is 0 Å². The van der Waals surface area contributed by atoms with Gasteiger partial charge in [0.2, 0.25) is 0 Å². The van der Waals surface area contributed by atoms with Gasteiger partial charge in [-0.25, -0.2) is 4.79 Å². The van der Waals surface area contributed by atoms with E-state index in [1.807, 2.05) is 45.9 Å². The summed E-state index contributed by atoms with van der Waals surface area (Å²) in [5, 5.41) is 2.74. The van der Waals surface area contributed by atoms with Gasteiger partial charge >= 0.3 is 6.09 Å². The summed E-state index contributed by atoms with van der Waals surface area (Å²) < 4.78 is 11.5. The third-order valence-corrected chi connectivity index (χ3v) is 3.48. The fourth-order valence-electron chi connectivity index (χ4n) is 1.64. The van der Waals surface area contributed by atoms with Gasteiger partial charge in [0, 0.05) is 4.47 Å². The first-order chi connectivity index (χ1) is 8.70. The molecule has 2 rings (SSSR count). The molecule has 0 bridgehead atoms. The second-order valence-corrected chi connectivity index (χ2v) is 6.70. The second kappa shape index (κ2) is 4.80. The number of hydrogen-bond acceptors (Lipinski definition) is 3. The molecule has 0 saturated carbocycles. The fraction of sp³-hybridized carbons (Fsp3) is 0.500. The monoisotopic (exact) mass is 327 g/mol. The Morgan fingerprint density at radius 1 is 1.47 bits per heavy atom. The van der Waals surface area contributed by atoms with Gasteiger partial charge in [-0.05, 0) is 61.3 Å². The van der Waals surface area contributed by atoms with Crippen LogP contribution in [0.5, 0.6) is 0 Å². The average Bonchev–Trinajstić information content (AvgIpc) is 2.98. The van der Waals surface area contributed by atoms with Gasteiger partial charge in [-0.2, -0.15) is 0 Å². The number of anilines is 1. The van der Waals surface area contributed by atoms with Crippen LogP contribution in [0.15, 0.2) is 22.7 Å². The third kappa shape index (κ3) is 3.70. The molecule has 1 fully saturated rings.